The van der Waals surface area contributed by atoms with Gasteiger partial charge in [0, 0.05) is 16.0 Å². The van der Waals surface area contributed by atoms with Crippen molar-refractivity contribution in [1.82, 2.24) is 0 Å². The van der Waals surface area contributed by atoms with E-state index >= 15 is 0 Å². The molecule has 0 spiro atoms. The number of rotatable bonds is 4. The van der Waals surface area contributed by atoms with Crippen LogP contribution < -0.4 is 0 Å². The summed E-state index contributed by atoms with van der Waals surface area (Å²) in [5.41, 5.74) is -0.545. The summed E-state index contributed by atoms with van der Waals surface area (Å²) in [5, 5.41) is -5.58. The van der Waals surface area contributed by atoms with E-state index in [1.807, 2.05) is 0 Å². The third-order valence-corrected chi connectivity index (χ3v) is 4.68. The summed E-state index contributed by atoms with van der Waals surface area (Å²) in [6.45, 7) is 2.71. The van der Waals surface area contributed by atoms with E-state index in [1.54, 1.807) is 0 Å². The molecule has 2 aromatic carbocycles. The third-order valence-electron chi connectivity index (χ3n) is 3.62. The molecule has 2 rings (SSSR count). The molecular formula is C17H11F9S. The van der Waals surface area contributed by atoms with Crippen LogP contribution in [0.25, 0.3) is 11.1 Å². The van der Waals surface area contributed by atoms with Crippen LogP contribution in [-0.4, -0.2) is 17.4 Å². The summed E-state index contributed by atoms with van der Waals surface area (Å²) in [6, 6.07) is 5.12. The average molecular weight is 418 g/mol. The van der Waals surface area contributed by atoms with Crippen LogP contribution >= 0.6 is 11.8 Å². The SMILES string of the molecule is Cc1cc(C)c(-c2cccc(F)c2F)c(SC(F)(F)C(F)(F)C(F)(F)F)c1. The van der Waals surface area contributed by atoms with E-state index in [4.69, 9.17) is 0 Å². The molecule has 0 N–H and O–H groups in total. The van der Waals surface area contributed by atoms with Crippen molar-refractivity contribution in [2.75, 3.05) is 0 Å². The molecule has 0 amide bonds. The third kappa shape index (κ3) is 3.90. The Bertz CT molecular complexity index is 856. The predicted molar refractivity (Wildman–Crippen MR) is 83.1 cm³/mol. The molecule has 27 heavy (non-hydrogen) atoms. The molecule has 0 unspecified atom stereocenters. The molecule has 0 aliphatic heterocycles. The first kappa shape index (κ1) is 21.5. The second-order valence-corrected chi connectivity index (χ2v) is 6.90. The molecule has 0 radical (unpaired) electrons. The van der Waals surface area contributed by atoms with Gasteiger partial charge in [0.15, 0.2) is 11.6 Å². The Morgan fingerprint density at radius 3 is 2.00 bits per heavy atom. The van der Waals surface area contributed by atoms with Gasteiger partial charge in [-0.15, -0.1) is 0 Å². The molecule has 0 fully saturated rings. The lowest BCUT2D eigenvalue weighted by atomic mass is 9.98. The van der Waals surface area contributed by atoms with Gasteiger partial charge >= 0.3 is 17.4 Å². The van der Waals surface area contributed by atoms with E-state index in [1.165, 1.54) is 19.9 Å². The standard InChI is InChI=1S/C17H11F9S/c1-8-6-9(2)13(10-4-3-5-11(18)14(10)19)12(7-8)27-17(25,26)15(20,21)16(22,23)24/h3-7H,1-2H3. The minimum atomic E-state index is -6.49. The zero-order valence-corrected chi connectivity index (χ0v) is 14.5. The van der Waals surface area contributed by atoms with Crippen LogP contribution in [0.5, 0.6) is 0 Å². The molecule has 0 bridgehead atoms. The van der Waals surface area contributed by atoms with Gasteiger partial charge < -0.3 is 0 Å². The topological polar surface area (TPSA) is 0 Å². The Morgan fingerprint density at radius 2 is 1.44 bits per heavy atom. The molecule has 0 nitrogen and oxygen atoms in total. The molecule has 0 aliphatic rings. The zero-order chi connectivity index (χ0) is 20.8. The van der Waals surface area contributed by atoms with Gasteiger partial charge in [-0.3, -0.25) is 0 Å². The quantitative estimate of drug-likeness (QED) is 0.376. The Hall–Kier alpha value is -1.84. The summed E-state index contributed by atoms with van der Waals surface area (Å²) < 4.78 is 119. The first-order chi connectivity index (χ1) is 12.2. The van der Waals surface area contributed by atoms with Crippen molar-refractivity contribution in [2.24, 2.45) is 0 Å². The van der Waals surface area contributed by atoms with E-state index in [2.05, 4.69) is 0 Å². The smallest absolute Gasteiger partial charge is 0.204 e. The predicted octanol–water partition coefficient (Wildman–Crippen LogP) is 7.13. The first-order valence-corrected chi connectivity index (χ1v) is 8.07. The number of hydrogen-bond donors (Lipinski definition) is 0. The van der Waals surface area contributed by atoms with Crippen molar-refractivity contribution in [3.05, 3.63) is 53.1 Å². The first-order valence-electron chi connectivity index (χ1n) is 7.26. The van der Waals surface area contributed by atoms with Gasteiger partial charge in [0.2, 0.25) is 0 Å². The fourth-order valence-corrected chi connectivity index (χ4v) is 3.56. The fourth-order valence-electron chi connectivity index (χ4n) is 2.42. The maximum atomic E-state index is 14.1. The van der Waals surface area contributed by atoms with Crippen molar-refractivity contribution in [3.63, 3.8) is 0 Å². The molecule has 148 valence electrons. The Balaban J connectivity index is 2.67. The van der Waals surface area contributed by atoms with E-state index in [9.17, 15) is 39.5 Å². The minimum absolute atomic E-state index is 0.105. The van der Waals surface area contributed by atoms with E-state index in [0.29, 0.717) is 0 Å². The summed E-state index contributed by atoms with van der Waals surface area (Å²) in [7, 11) is 0. The average Bonchev–Trinajstić information content (AvgIpc) is 2.49. The van der Waals surface area contributed by atoms with E-state index < -0.39 is 51.2 Å². The maximum absolute atomic E-state index is 14.1. The maximum Gasteiger partial charge on any atom is 0.460 e. The Morgan fingerprint density at radius 1 is 0.852 bits per heavy atom. The molecule has 2 aromatic rings. The molecular weight excluding hydrogens is 407 g/mol. The number of benzene rings is 2. The van der Waals surface area contributed by atoms with Gasteiger partial charge in [0.25, 0.3) is 0 Å². The minimum Gasteiger partial charge on any atom is -0.204 e. The number of thioether (sulfide) groups is 1. The van der Waals surface area contributed by atoms with Gasteiger partial charge in [-0.05, 0) is 48.9 Å². The lowest BCUT2D eigenvalue weighted by Crippen LogP contribution is -2.49. The summed E-state index contributed by atoms with van der Waals surface area (Å²) in [6.07, 6.45) is -6.49. The normalized spacial score (nSPS) is 13.1. The monoisotopic (exact) mass is 418 g/mol. The van der Waals surface area contributed by atoms with Crippen LogP contribution in [0.4, 0.5) is 39.5 Å². The van der Waals surface area contributed by atoms with Crippen LogP contribution in [-0.2, 0) is 0 Å². The summed E-state index contributed by atoms with van der Waals surface area (Å²) >= 11 is -1.05. The van der Waals surface area contributed by atoms with E-state index in [-0.39, 0.29) is 16.7 Å². The molecule has 0 aliphatic carbocycles. The van der Waals surface area contributed by atoms with Gasteiger partial charge in [0.1, 0.15) is 0 Å². The zero-order valence-electron chi connectivity index (χ0n) is 13.7. The van der Waals surface area contributed by atoms with E-state index in [0.717, 1.165) is 24.3 Å². The number of hydrogen-bond acceptors (Lipinski definition) is 1. The van der Waals surface area contributed by atoms with Crippen molar-refractivity contribution in [2.45, 2.75) is 36.1 Å². The van der Waals surface area contributed by atoms with Crippen LogP contribution in [0.1, 0.15) is 11.1 Å². The molecule has 0 saturated carbocycles. The number of alkyl halides is 7. The van der Waals surface area contributed by atoms with Gasteiger partial charge in [-0.1, -0.05) is 18.2 Å². The van der Waals surface area contributed by atoms with Crippen LogP contribution in [0.3, 0.4) is 0 Å². The number of aryl methyl sites for hydroxylation is 2. The molecule has 0 aromatic heterocycles. The largest absolute Gasteiger partial charge is 0.460 e. The lowest BCUT2D eigenvalue weighted by Gasteiger charge is -2.28. The highest BCUT2D eigenvalue weighted by atomic mass is 32.2. The molecule has 0 saturated heterocycles. The van der Waals surface area contributed by atoms with Gasteiger partial charge in [-0.25, -0.2) is 8.78 Å². The second-order valence-electron chi connectivity index (χ2n) is 5.75. The van der Waals surface area contributed by atoms with Crippen LogP contribution in [0, 0.1) is 25.5 Å². The van der Waals surface area contributed by atoms with Crippen LogP contribution in [0.15, 0.2) is 35.2 Å². The van der Waals surface area contributed by atoms with Crippen LogP contribution in [0.2, 0.25) is 0 Å². The molecule has 0 atom stereocenters. The number of halogens is 9. The highest BCUT2D eigenvalue weighted by Crippen LogP contribution is 2.55. The summed E-state index contributed by atoms with van der Waals surface area (Å²) in [4.78, 5) is -0.731. The Kier molecular flexibility index (Phi) is 5.53. The van der Waals surface area contributed by atoms with Gasteiger partial charge in [0.05, 0.1) is 0 Å². The van der Waals surface area contributed by atoms with Gasteiger partial charge in [-0.2, -0.15) is 30.7 Å². The van der Waals surface area contributed by atoms with Crippen molar-refractivity contribution in [1.29, 1.82) is 0 Å². The Labute approximate surface area is 152 Å². The highest BCUT2D eigenvalue weighted by molar-refractivity contribution is 8.00. The second kappa shape index (κ2) is 6.96. The summed E-state index contributed by atoms with van der Waals surface area (Å²) in [5.74, 6) is -9.09. The lowest BCUT2D eigenvalue weighted by molar-refractivity contribution is -0.330. The highest BCUT2D eigenvalue weighted by Gasteiger charge is 2.73. The molecule has 0 heterocycles. The van der Waals surface area contributed by atoms with Crippen molar-refractivity contribution < 1.29 is 39.5 Å². The molecule has 10 heteroatoms. The van der Waals surface area contributed by atoms with Crippen molar-refractivity contribution in [3.8, 4) is 11.1 Å². The van der Waals surface area contributed by atoms with Crippen molar-refractivity contribution >= 4 is 11.8 Å². The fraction of sp³-hybridized carbons (Fsp3) is 0.294.